The van der Waals surface area contributed by atoms with E-state index in [0.717, 1.165) is 13.0 Å². The Morgan fingerprint density at radius 1 is 1.13 bits per heavy atom. The Balaban J connectivity index is 2.02. The average Bonchev–Trinajstić information content (AvgIpc) is 3.04. The van der Waals surface area contributed by atoms with Crippen LogP contribution in [-0.4, -0.2) is 11.0 Å². The van der Waals surface area contributed by atoms with E-state index in [9.17, 15) is 0 Å². The van der Waals surface area contributed by atoms with Gasteiger partial charge in [-0.3, -0.25) is 4.98 Å². The fraction of sp³-hybridized carbons (Fsp3) is 0.571. The van der Waals surface area contributed by atoms with Crippen LogP contribution >= 0.6 is 0 Å². The first-order valence-corrected chi connectivity index (χ1v) is 9.14. The van der Waals surface area contributed by atoms with E-state index in [4.69, 9.17) is 4.98 Å². The number of rotatable bonds is 4. The second-order valence-electron chi connectivity index (χ2n) is 7.95. The minimum atomic E-state index is 0.0805. The van der Waals surface area contributed by atoms with Crippen LogP contribution in [0.25, 0.3) is 10.9 Å². The van der Waals surface area contributed by atoms with Gasteiger partial charge in [0, 0.05) is 29.1 Å². The van der Waals surface area contributed by atoms with Crippen molar-refractivity contribution in [1.82, 2.24) is 10.3 Å². The Morgan fingerprint density at radius 2 is 1.87 bits per heavy atom. The zero-order valence-corrected chi connectivity index (χ0v) is 15.1. The third kappa shape index (κ3) is 3.58. The van der Waals surface area contributed by atoms with Gasteiger partial charge in [-0.1, -0.05) is 58.7 Å². The van der Waals surface area contributed by atoms with Crippen LogP contribution in [0.3, 0.4) is 0 Å². The Bertz CT molecular complexity index is 676. The highest BCUT2D eigenvalue weighted by atomic mass is 14.9. The lowest BCUT2D eigenvalue weighted by molar-refractivity contribution is 0.523. The molecule has 0 radical (unpaired) electrons. The highest BCUT2D eigenvalue weighted by Crippen LogP contribution is 2.28. The van der Waals surface area contributed by atoms with Crippen molar-refractivity contribution < 1.29 is 0 Å². The summed E-state index contributed by atoms with van der Waals surface area (Å²) in [5.41, 5.74) is 5.24. The average molecular weight is 310 g/mol. The Labute approximate surface area is 140 Å². The van der Waals surface area contributed by atoms with E-state index in [1.165, 1.54) is 53.4 Å². The molecule has 2 heteroatoms. The van der Waals surface area contributed by atoms with Crippen LogP contribution in [0.5, 0.6) is 0 Å². The SMILES string of the molecule is CCc1cccc2c(CNC3CCCC3)cc(C(C)(C)C)nc12. The summed E-state index contributed by atoms with van der Waals surface area (Å²) >= 11 is 0. The third-order valence-corrected chi connectivity index (χ3v) is 5.09. The predicted molar refractivity (Wildman–Crippen MR) is 98.9 cm³/mol. The molecular formula is C21H30N2. The molecule has 0 aliphatic heterocycles. The lowest BCUT2D eigenvalue weighted by Crippen LogP contribution is -2.26. The number of hydrogen-bond donors (Lipinski definition) is 1. The summed E-state index contributed by atoms with van der Waals surface area (Å²) in [6, 6.07) is 9.66. The van der Waals surface area contributed by atoms with E-state index in [2.05, 4.69) is 57.3 Å². The van der Waals surface area contributed by atoms with Gasteiger partial charge in [0.15, 0.2) is 0 Å². The fourth-order valence-corrected chi connectivity index (χ4v) is 3.58. The predicted octanol–water partition coefficient (Wildman–Crippen LogP) is 5.13. The number of para-hydroxylation sites is 1. The molecule has 0 amide bonds. The van der Waals surface area contributed by atoms with Crippen molar-refractivity contribution in [3.63, 3.8) is 0 Å². The molecule has 1 N–H and O–H groups in total. The van der Waals surface area contributed by atoms with Gasteiger partial charge in [0.05, 0.1) is 5.52 Å². The van der Waals surface area contributed by atoms with Gasteiger partial charge in [0.1, 0.15) is 0 Å². The van der Waals surface area contributed by atoms with Crippen LogP contribution in [0.15, 0.2) is 24.3 Å². The van der Waals surface area contributed by atoms with Gasteiger partial charge in [-0.2, -0.15) is 0 Å². The largest absolute Gasteiger partial charge is 0.310 e. The molecule has 1 aromatic carbocycles. The van der Waals surface area contributed by atoms with E-state index in [-0.39, 0.29) is 5.41 Å². The summed E-state index contributed by atoms with van der Waals surface area (Å²) in [5.74, 6) is 0. The first-order chi connectivity index (χ1) is 11.0. The van der Waals surface area contributed by atoms with E-state index < -0.39 is 0 Å². The Hall–Kier alpha value is -1.41. The first-order valence-electron chi connectivity index (χ1n) is 9.14. The topological polar surface area (TPSA) is 24.9 Å². The molecule has 1 saturated carbocycles. The fourth-order valence-electron chi connectivity index (χ4n) is 3.58. The van der Waals surface area contributed by atoms with Crippen molar-refractivity contribution in [2.45, 2.75) is 77.8 Å². The van der Waals surface area contributed by atoms with Gasteiger partial charge in [-0.05, 0) is 36.5 Å². The van der Waals surface area contributed by atoms with Gasteiger partial charge >= 0.3 is 0 Å². The smallest absolute Gasteiger partial charge is 0.0740 e. The van der Waals surface area contributed by atoms with Gasteiger partial charge in [0.25, 0.3) is 0 Å². The minimum Gasteiger partial charge on any atom is -0.310 e. The van der Waals surface area contributed by atoms with Crippen LogP contribution in [-0.2, 0) is 18.4 Å². The molecule has 0 atom stereocenters. The maximum atomic E-state index is 5.03. The summed E-state index contributed by atoms with van der Waals surface area (Å²) in [6.07, 6.45) is 6.45. The van der Waals surface area contributed by atoms with Crippen molar-refractivity contribution in [1.29, 1.82) is 0 Å². The number of nitrogens with zero attached hydrogens (tertiary/aromatic N) is 1. The second kappa shape index (κ2) is 6.60. The number of nitrogens with one attached hydrogen (secondary N) is 1. The summed E-state index contributed by atoms with van der Waals surface area (Å²) in [5, 5.41) is 5.10. The van der Waals surface area contributed by atoms with E-state index in [1.807, 2.05) is 0 Å². The van der Waals surface area contributed by atoms with Crippen molar-refractivity contribution in [2.75, 3.05) is 0 Å². The molecule has 0 spiro atoms. The quantitative estimate of drug-likeness (QED) is 0.847. The number of aryl methyl sites for hydroxylation is 1. The Morgan fingerprint density at radius 3 is 2.52 bits per heavy atom. The van der Waals surface area contributed by atoms with E-state index in [0.29, 0.717) is 6.04 Å². The monoisotopic (exact) mass is 310 g/mol. The number of hydrogen-bond acceptors (Lipinski definition) is 2. The lowest BCUT2D eigenvalue weighted by Gasteiger charge is -2.22. The van der Waals surface area contributed by atoms with Crippen LogP contribution in [0.1, 0.15) is 70.2 Å². The molecule has 2 aromatic rings. The van der Waals surface area contributed by atoms with Crippen LogP contribution in [0, 0.1) is 0 Å². The number of benzene rings is 1. The third-order valence-electron chi connectivity index (χ3n) is 5.09. The highest BCUT2D eigenvalue weighted by molar-refractivity contribution is 5.85. The summed E-state index contributed by atoms with van der Waals surface area (Å²) in [7, 11) is 0. The molecule has 1 aliphatic rings. The van der Waals surface area contributed by atoms with Crippen molar-refractivity contribution in [2.24, 2.45) is 0 Å². The number of fused-ring (bicyclic) bond motifs is 1. The van der Waals surface area contributed by atoms with Crippen molar-refractivity contribution in [3.8, 4) is 0 Å². The lowest BCUT2D eigenvalue weighted by atomic mass is 9.89. The molecule has 0 saturated heterocycles. The van der Waals surface area contributed by atoms with Crippen LogP contribution in [0.2, 0.25) is 0 Å². The second-order valence-corrected chi connectivity index (χ2v) is 7.95. The normalized spacial score (nSPS) is 16.3. The molecule has 0 unspecified atom stereocenters. The molecule has 1 heterocycles. The molecule has 0 bridgehead atoms. The minimum absolute atomic E-state index is 0.0805. The van der Waals surface area contributed by atoms with Crippen molar-refractivity contribution >= 4 is 10.9 Å². The highest BCUT2D eigenvalue weighted by Gasteiger charge is 2.20. The molecule has 1 aliphatic carbocycles. The number of aromatic nitrogens is 1. The molecule has 2 nitrogen and oxygen atoms in total. The standard InChI is InChI=1S/C21H30N2/c1-5-15-9-8-12-18-16(14-22-17-10-6-7-11-17)13-19(21(2,3)4)23-20(15)18/h8-9,12-13,17,22H,5-7,10-11,14H2,1-4H3. The Kier molecular flexibility index (Phi) is 4.72. The van der Waals surface area contributed by atoms with Gasteiger partial charge in [-0.15, -0.1) is 0 Å². The summed E-state index contributed by atoms with van der Waals surface area (Å²) in [6.45, 7) is 9.94. The molecule has 1 aromatic heterocycles. The maximum Gasteiger partial charge on any atom is 0.0740 e. The molecule has 124 valence electrons. The zero-order chi connectivity index (χ0) is 16.4. The summed E-state index contributed by atoms with van der Waals surface area (Å²) in [4.78, 5) is 5.03. The van der Waals surface area contributed by atoms with Crippen LogP contribution in [0.4, 0.5) is 0 Å². The van der Waals surface area contributed by atoms with Crippen LogP contribution < -0.4 is 5.32 Å². The molecule has 1 fully saturated rings. The molecule has 3 rings (SSSR count). The van der Waals surface area contributed by atoms with Gasteiger partial charge in [0.2, 0.25) is 0 Å². The first kappa shape index (κ1) is 16.4. The van der Waals surface area contributed by atoms with Gasteiger partial charge in [-0.25, -0.2) is 0 Å². The maximum absolute atomic E-state index is 5.03. The molecule has 23 heavy (non-hydrogen) atoms. The number of pyridine rings is 1. The zero-order valence-electron chi connectivity index (χ0n) is 15.1. The van der Waals surface area contributed by atoms with Gasteiger partial charge < -0.3 is 5.32 Å². The summed E-state index contributed by atoms with van der Waals surface area (Å²) < 4.78 is 0. The molecular weight excluding hydrogens is 280 g/mol. The van der Waals surface area contributed by atoms with Crippen molar-refractivity contribution in [3.05, 3.63) is 41.1 Å². The van der Waals surface area contributed by atoms with E-state index >= 15 is 0 Å². The van der Waals surface area contributed by atoms with E-state index in [1.54, 1.807) is 0 Å².